The maximum absolute atomic E-state index is 12.6. The minimum absolute atomic E-state index is 0.181. The molecule has 2 aromatic rings. The van der Waals surface area contributed by atoms with Crippen LogP contribution < -0.4 is 0 Å². The average Bonchev–Trinajstić information content (AvgIpc) is 2.51. The lowest BCUT2D eigenvalue weighted by molar-refractivity contribution is 0.419. The molecule has 4 nitrogen and oxygen atoms in total. The third-order valence-corrected chi connectivity index (χ3v) is 1.72. The van der Waals surface area contributed by atoms with Crippen molar-refractivity contribution < 1.29 is 14.0 Å². The molecule has 0 atom stereocenters. The Balaban J connectivity index is 2.52. The van der Waals surface area contributed by atoms with Crippen LogP contribution in [0.1, 0.15) is 5.82 Å². The molecule has 0 radical (unpaired) electrons. The van der Waals surface area contributed by atoms with Gasteiger partial charge in [0.25, 0.3) is 5.89 Å². The quantitative estimate of drug-likeness (QED) is 0.753. The standard InChI is InChI=1S/C9H7FN2O2/c1-5-11-9(14-12-5)7-3-2-6(10)4-8(7)13/h2-4,13H,1H3. The predicted molar refractivity (Wildman–Crippen MR) is 46.1 cm³/mol. The third kappa shape index (κ3) is 1.44. The SMILES string of the molecule is Cc1noc(-c2ccc(F)cc2O)n1. The van der Waals surface area contributed by atoms with E-state index in [1.165, 1.54) is 12.1 Å². The van der Waals surface area contributed by atoms with E-state index in [-0.39, 0.29) is 11.6 Å². The van der Waals surface area contributed by atoms with Gasteiger partial charge in [-0.1, -0.05) is 5.16 Å². The van der Waals surface area contributed by atoms with Crippen molar-refractivity contribution in [3.63, 3.8) is 0 Å². The Morgan fingerprint density at radius 2 is 2.21 bits per heavy atom. The average molecular weight is 194 g/mol. The van der Waals surface area contributed by atoms with Crippen LogP contribution in [0.25, 0.3) is 11.5 Å². The summed E-state index contributed by atoms with van der Waals surface area (Å²) in [5.74, 6) is -0.0835. The van der Waals surface area contributed by atoms with Crippen LogP contribution >= 0.6 is 0 Å². The first-order chi connectivity index (χ1) is 6.66. The molecule has 0 saturated heterocycles. The molecule has 0 unspecified atom stereocenters. The Morgan fingerprint density at radius 1 is 1.43 bits per heavy atom. The fraction of sp³-hybridized carbons (Fsp3) is 0.111. The number of aromatic hydroxyl groups is 1. The van der Waals surface area contributed by atoms with Crippen LogP contribution in [0.3, 0.4) is 0 Å². The van der Waals surface area contributed by atoms with Gasteiger partial charge in [-0.2, -0.15) is 4.98 Å². The first-order valence-electron chi connectivity index (χ1n) is 3.96. The lowest BCUT2D eigenvalue weighted by atomic mass is 10.2. The van der Waals surface area contributed by atoms with Crippen LogP contribution in [0.15, 0.2) is 22.7 Å². The van der Waals surface area contributed by atoms with Crippen molar-refractivity contribution in [2.45, 2.75) is 6.92 Å². The third-order valence-electron chi connectivity index (χ3n) is 1.72. The van der Waals surface area contributed by atoms with Crippen LogP contribution in [0.5, 0.6) is 5.75 Å². The van der Waals surface area contributed by atoms with Crippen LogP contribution in [-0.2, 0) is 0 Å². The molecule has 0 saturated carbocycles. The maximum atomic E-state index is 12.6. The molecule has 5 heteroatoms. The van der Waals surface area contributed by atoms with E-state index in [1.807, 2.05) is 0 Å². The number of halogens is 1. The number of phenolic OH excluding ortho intramolecular Hbond substituents is 1. The summed E-state index contributed by atoms with van der Waals surface area (Å²) in [7, 11) is 0. The zero-order valence-corrected chi connectivity index (χ0v) is 7.36. The number of hydrogen-bond acceptors (Lipinski definition) is 4. The lowest BCUT2D eigenvalue weighted by Crippen LogP contribution is -1.81. The monoisotopic (exact) mass is 194 g/mol. The lowest BCUT2D eigenvalue weighted by Gasteiger charge is -1.97. The number of nitrogens with zero attached hydrogens (tertiary/aromatic N) is 2. The summed E-state index contributed by atoms with van der Waals surface area (Å²) in [4.78, 5) is 3.91. The van der Waals surface area contributed by atoms with Gasteiger partial charge in [0.05, 0.1) is 5.56 Å². The molecular weight excluding hydrogens is 187 g/mol. The minimum Gasteiger partial charge on any atom is -0.507 e. The molecule has 0 amide bonds. The molecule has 0 aliphatic rings. The van der Waals surface area contributed by atoms with Crippen molar-refractivity contribution in [1.82, 2.24) is 10.1 Å². The largest absolute Gasteiger partial charge is 0.507 e. The van der Waals surface area contributed by atoms with Crippen molar-refractivity contribution in [3.05, 3.63) is 29.8 Å². The number of hydrogen-bond donors (Lipinski definition) is 1. The second kappa shape index (κ2) is 3.10. The molecule has 2 rings (SSSR count). The van der Waals surface area contributed by atoms with Gasteiger partial charge in [-0.3, -0.25) is 0 Å². The summed E-state index contributed by atoms with van der Waals surface area (Å²) in [6.07, 6.45) is 0. The highest BCUT2D eigenvalue weighted by atomic mass is 19.1. The highest BCUT2D eigenvalue weighted by Gasteiger charge is 2.11. The Morgan fingerprint density at radius 3 is 2.79 bits per heavy atom. The second-order valence-corrected chi connectivity index (χ2v) is 2.81. The van der Waals surface area contributed by atoms with Gasteiger partial charge in [-0.25, -0.2) is 4.39 Å². The van der Waals surface area contributed by atoms with Crippen LogP contribution in [0.2, 0.25) is 0 Å². The van der Waals surface area contributed by atoms with Crippen molar-refractivity contribution in [3.8, 4) is 17.2 Å². The molecule has 0 aliphatic heterocycles. The summed E-state index contributed by atoms with van der Waals surface area (Å²) in [6, 6.07) is 3.60. The number of aromatic nitrogens is 2. The van der Waals surface area contributed by atoms with E-state index in [4.69, 9.17) is 4.52 Å². The van der Waals surface area contributed by atoms with Crippen molar-refractivity contribution in [2.75, 3.05) is 0 Å². The molecule has 1 aromatic carbocycles. The summed E-state index contributed by atoms with van der Waals surface area (Å²) < 4.78 is 17.5. The fourth-order valence-electron chi connectivity index (χ4n) is 1.09. The first-order valence-corrected chi connectivity index (χ1v) is 3.96. The highest BCUT2D eigenvalue weighted by Crippen LogP contribution is 2.27. The summed E-state index contributed by atoms with van der Waals surface area (Å²) in [6.45, 7) is 1.66. The second-order valence-electron chi connectivity index (χ2n) is 2.81. The number of aryl methyl sites for hydroxylation is 1. The van der Waals surface area contributed by atoms with Crippen molar-refractivity contribution >= 4 is 0 Å². The van der Waals surface area contributed by atoms with Gasteiger partial charge in [0, 0.05) is 6.07 Å². The minimum atomic E-state index is -0.512. The van der Waals surface area contributed by atoms with Crippen molar-refractivity contribution in [1.29, 1.82) is 0 Å². The van der Waals surface area contributed by atoms with Gasteiger partial charge in [-0.05, 0) is 19.1 Å². The maximum Gasteiger partial charge on any atom is 0.261 e. The van der Waals surface area contributed by atoms with E-state index in [9.17, 15) is 9.50 Å². The highest BCUT2D eigenvalue weighted by molar-refractivity contribution is 5.61. The van der Waals surface area contributed by atoms with E-state index in [2.05, 4.69) is 10.1 Å². The molecule has 0 fully saturated rings. The molecule has 0 bridgehead atoms. The first kappa shape index (κ1) is 8.68. The van der Waals surface area contributed by atoms with Crippen LogP contribution in [0.4, 0.5) is 4.39 Å². The Hall–Kier alpha value is -1.91. The van der Waals surface area contributed by atoms with Gasteiger partial charge >= 0.3 is 0 Å². The summed E-state index contributed by atoms with van der Waals surface area (Å²) >= 11 is 0. The predicted octanol–water partition coefficient (Wildman–Crippen LogP) is 1.89. The Labute approximate surface area is 79.0 Å². The normalized spacial score (nSPS) is 10.4. The summed E-state index contributed by atoms with van der Waals surface area (Å²) in [5.41, 5.74) is 0.326. The molecule has 0 spiro atoms. The molecular formula is C9H7FN2O2. The fourth-order valence-corrected chi connectivity index (χ4v) is 1.09. The molecule has 1 aromatic heterocycles. The zero-order valence-electron chi connectivity index (χ0n) is 7.36. The van der Waals surface area contributed by atoms with E-state index in [1.54, 1.807) is 6.92 Å². The van der Waals surface area contributed by atoms with Gasteiger partial charge in [0.1, 0.15) is 11.6 Å². The van der Waals surface area contributed by atoms with Gasteiger partial charge < -0.3 is 9.63 Å². The van der Waals surface area contributed by atoms with Crippen molar-refractivity contribution in [2.24, 2.45) is 0 Å². The zero-order chi connectivity index (χ0) is 10.1. The van der Waals surface area contributed by atoms with Crippen LogP contribution in [0, 0.1) is 12.7 Å². The van der Waals surface area contributed by atoms with Gasteiger partial charge in [-0.15, -0.1) is 0 Å². The molecule has 0 aliphatic carbocycles. The Bertz CT molecular complexity index is 468. The topological polar surface area (TPSA) is 59.2 Å². The molecule has 1 heterocycles. The van der Waals surface area contributed by atoms with Crippen LogP contribution in [-0.4, -0.2) is 15.2 Å². The van der Waals surface area contributed by atoms with E-state index in [0.717, 1.165) is 6.07 Å². The number of phenols is 1. The molecule has 72 valence electrons. The smallest absolute Gasteiger partial charge is 0.261 e. The van der Waals surface area contributed by atoms with E-state index >= 15 is 0 Å². The van der Waals surface area contributed by atoms with E-state index < -0.39 is 5.82 Å². The van der Waals surface area contributed by atoms with Gasteiger partial charge in [0.2, 0.25) is 0 Å². The Kier molecular flexibility index (Phi) is 1.92. The van der Waals surface area contributed by atoms with E-state index in [0.29, 0.717) is 11.4 Å². The summed E-state index contributed by atoms with van der Waals surface area (Å²) in [5, 5.41) is 13.0. The van der Waals surface area contributed by atoms with Gasteiger partial charge in [0.15, 0.2) is 5.82 Å². The number of rotatable bonds is 1. The molecule has 14 heavy (non-hydrogen) atoms. The number of benzene rings is 1. The molecule has 1 N–H and O–H groups in total.